The molecule has 0 aliphatic heterocycles. The number of nitrogens with one attached hydrogen (secondary N) is 1. The SMILES string of the molecule is CCCn1c(=O)oc2cc(C(CC(C)CC)NC)ccc21. The summed E-state index contributed by atoms with van der Waals surface area (Å²) in [4.78, 5) is 11.9. The van der Waals surface area contributed by atoms with E-state index in [1.54, 1.807) is 4.57 Å². The molecule has 0 spiro atoms. The van der Waals surface area contributed by atoms with Crippen LogP contribution in [0.5, 0.6) is 0 Å². The zero-order valence-corrected chi connectivity index (χ0v) is 13.5. The lowest BCUT2D eigenvalue weighted by Crippen LogP contribution is -2.18. The van der Waals surface area contributed by atoms with Crippen molar-refractivity contribution in [3.8, 4) is 0 Å². The fourth-order valence-corrected chi connectivity index (χ4v) is 2.72. The Kier molecular flexibility index (Phi) is 5.23. The van der Waals surface area contributed by atoms with Gasteiger partial charge in [0.25, 0.3) is 0 Å². The van der Waals surface area contributed by atoms with Gasteiger partial charge in [-0.2, -0.15) is 0 Å². The van der Waals surface area contributed by atoms with Gasteiger partial charge in [0.2, 0.25) is 0 Å². The molecule has 0 aliphatic carbocycles. The van der Waals surface area contributed by atoms with Gasteiger partial charge in [0.1, 0.15) is 0 Å². The van der Waals surface area contributed by atoms with Crippen LogP contribution in [0.3, 0.4) is 0 Å². The zero-order chi connectivity index (χ0) is 15.4. The first-order valence-corrected chi connectivity index (χ1v) is 7.91. The number of hydrogen-bond acceptors (Lipinski definition) is 3. The van der Waals surface area contributed by atoms with Crippen LogP contribution < -0.4 is 11.1 Å². The smallest absolute Gasteiger partial charge is 0.408 e. The fraction of sp³-hybridized carbons (Fsp3) is 0.588. The number of nitrogens with zero attached hydrogens (tertiary/aromatic N) is 1. The van der Waals surface area contributed by atoms with E-state index in [0.717, 1.165) is 18.4 Å². The van der Waals surface area contributed by atoms with Gasteiger partial charge < -0.3 is 9.73 Å². The van der Waals surface area contributed by atoms with Gasteiger partial charge in [0.05, 0.1) is 5.52 Å². The third kappa shape index (κ3) is 3.38. The van der Waals surface area contributed by atoms with Crippen LogP contribution in [-0.2, 0) is 6.54 Å². The number of aryl methyl sites for hydroxylation is 1. The van der Waals surface area contributed by atoms with Crippen LogP contribution in [0.15, 0.2) is 27.4 Å². The summed E-state index contributed by atoms with van der Waals surface area (Å²) < 4.78 is 7.11. The molecule has 1 N–H and O–H groups in total. The van der Waals surface area contributed by atoms with Crippen molar-refractivity contribution in [1.82, 2.24) is 9.88 Å². The maximum atomic E-state index is 11.9. The normalized spacial score (nSPS) is 14.5. The average molecular weight is 290 g/mol. The van der Waals surface area contributed by atoms with Crippen molar-refractivity contribution < 1.29 is 4.42 Å². The van der Waals surface area contributed by atoms with Crippen LogP contribution in [0.25, 0.3) is 11.1 Å². The molecular formula is C17H26N2O2. The molecule has 0 amide bonds. The summed E-state index contributed by atoms with van der Waals surface area (Å²) in [5, 5.41) is 3.37. The van der Waals surface area contributed by atoms with E-state index >= 15 is 0 Å². The van der Waals surface area contributed by atoms with E-state index in [9.17, 15) is 4.79 Å². The molecule has 1 aromatic heterocycles. The summed E-state index contributed by atoms with van der Waals surface area (Å²) in [7, 11) is 1.98. The summed E-state index contributed by atoms with van der Waals surface area (Å²) in [6.45, 7) is 7.24. The van der Waals surface area contributed by atoms with Crippen LogP contribution in [-0.4, -0.2) is 11.6 Å². The lowest BCUT2D eigenvalue weighted by Gasteiger charge is -2.20. The Morgan fingerprint density at radius 3 is 2.71 bits per heavy atom. The van der Waals surface area contributed by atoms with Crippen LogP contribution in [0.2, 0.25) is 0 Å². The molecule has 2 aromatic rings. The molecule has 116 valence electrons. The van der Waals surface area contributed by atoms with Crippen molar-refractivity contribution >= 4 is 11.1 Å². The van der Waals surface area contributed by atoms with Crippen LogP contribution >= 0.6 is 0 Å². The molecule has 0 saturated carbocycles. The quantitative estimate of drug-likeness (QED) is 0.845. The fourth-order valence-electron chi connectivity index (χ4n) is 2.72. The highest BCUT2D eigenvalue weighted by Crippen LogP contribution is 2.25. The summed E-state index contributed by atoms with van der Waals surface area (Å²) in [6.07, 6.45) is 3.17. The highest BCUT2D eigenvalue weighted by atomic mass is 16.4. The largest absolute Gasteiger partial charge is 0.419 e. The molecule has 1 aromatic carbocycles. The van der Waals surface area contributed by atoms with Crippen molar-refractivity contribution in [2.75, 3.05) is 7.05 Å². The van der Waals surface area contributed by atoms with Gasteiger partial charge in [-0.3, -0.25) is 4.57 Å². The Morgan fingerprint density at radius 1 is 1.33 bits per heavy atom. The topological polar surface area (TPSA) is 47.2 Å². The number of benzene rings is 1. The van der Waals surface area contributed by atoms with E-state index < -0.39 is 0 Å². The standard InChI is InChI=1S/C17H26N2O2/c1-5-9-19-15-8-7-13(11-16(15)21-17(19)20)14(18-4)10-12(3)6-2/h7-8,11-12,14,18H,5-6,9-10H2,1-4H3. The van der Waals surface area contributed by atoms with Gasteiger partial charge in [-0.25, -0.2) is 4.79 Å². The second kappa shape index (κ2) is 6.94. The van der Waals surface area contributed by atoms with Crippen molar-refractivity contribution in [2.24, 2.45) is 5.92 Å². The average Bonchev–Trinajstić information content (AvgIpc) is 2.80. The Bertz CT molecular complexity index is 642. The molecule has 4 nitrogen and oxygen atoms in total. The van der Waals surface area contributed by atoms with Gasteiger partial charge in [0, 0.05) is 12.6 Å². The number of rotatable bonds is 7. The van der Waals surface area contributed by atoms with Crippen molar-refractivity contribution in [3.05, 3.63) is 34.3 Å². The van der Waals surface area contributed by atoms with Gasteiger partial charge >= 0.3 is 5.76 Å². The Hall–Kier alpha value is -1.55. The lowest BCUT2D eigenvalue weighted by molar-refractivity contribution is 0.421. The second-order valence-electron chi connectivity index (χ2n) is 5.84. The predicted octanol–water partition coefficient (Wildman–Crippen LogP) is 3.70. The van der Waals surface area contributed by atoms with E-state index in [4.69, 9.17) is 4.42 Å². The number of fused-ring (bicyclic) bond motifs is 1. The van der Waals surface area contributed by atoms with Crippen LogP contribution in [0, 0.1) is 5.92 Å². The monoisotopic (exact) mass is 290 g/mol. The van der Waals surface area contributed by atoms with Crippen molar-refractivity contribution in [1.29, 1.82) is 0 Å². The highest BCUT2D eigenvalue weighted by Gasteiger charge is 2.15. The van der Waals surface area contributed by atoms with Gasteiger partial charge in [-0.05, 0) is 43.5 Å². The van der Waals surface area contributed by atoms with E-state index in [-0.39, 0.29) is 5.76 Å². The van der Waals surface area contributed by atoms with E-state index in [2.05, 4.69) is 32.2 Å². The summed E-state index contributed by atoms with van der Waals surface area (Å²) in [6, 6.07) is 6.41. The maximum Gasteiger partial charge on any atom is 0.419 e. The number of hydrogen-bond donors (Lipinski definition) is 1. The second-order valence-corrected chi connectivity index (χ2v) is 5.84. The van der Waals surface area contributed by atoms with E-state index in [1.807, 2.05) is 19.2 Å². The molecular weight excluding hydrogens is 264 g/mol. The summed E-state index contributed by atoms with van der Waals surface area (Å²) in [5.74, 6) is 0.404. The van der Waals surface area contributed by atoms with Gasteiger partial charge in [-0.15, -0.1) is 0 Å². The van der Waals surface area contributed by atoms with Crippen molar-refractivity contribution in [3.63, 3.8) is 0 Å². The Balaban J connectivity index is 2.36. The molecule has 2 rings (SSSR count). The first-order chi connectivity index (χ1) is 10.1. The maximum absolute atomic E-state index is 11.9. The van der Waals surface area contributed by atoms with Crippen LogP contribution in [0.1, 0.15) is 51.6 Å². The molecule has 21 heavy (non-hydrogen) atoms. The Morgan fingerprint density at radius 2 is 2.10 bits per heavy atom. The molecule has 2 atom stereocenters. The molecule has 0 fully saturated rings. The molecule has 0 saturated heterocycles. The molecule has 4 heteroatoms. The third-order valence-corrected chi connectivity index (χ3v) is 4.23. The molecule has 2 unspecified atom stereocenters. The molecule has 0 aliphatic rings. The predicted molar refractivity (Wildman–Crippen MR) is 86.6 cm³/mol. The summed E-state index contributed by atoms with van der Waals surface area (Å²) >= 11 is 0. The van der Waals surface area contributed by atoms with Gasteiger partial charge in [0.15, 0.2) is 5.58 Å². The minimum Gasteiger partial charge on any atom is -0.408 e. The van der Waals surface area contributed by atoms with Gasteiger partial charge in [-0.1, -0.05) is 33.3 Å². The Labute approximate surface area is 126 Å². The number of aromatic nitrogens is 1. The zero-order valence-electron chi connectivity index (χ0n) is 13.5. The lowest BCUT2D eigenvalue weighted by atomic mass is 9.94. The molecule has 0 bridgehead atoms. The minimum atomic E-state index is -0.257. The van der Waals surface area contributed by atoms with Crippen LogP contribution in [0.4, 0.5) is 0 Å². The molecule has 0 radical (unpaired) electrons. The first-order valence-electron chi connectivity index (χ1n) is 7.91. The minimum absolute atomic E-state index is 0.257. The summed E-state index contributed by atoms with van der Waals surface area (Å²) in [5.41, 5.74) is 2.77. The van der Waals surface area contributed by atoms with Crippen molar-refractivity contribution in [2.45, 2.75) is 52.6 Å². The highest BCUT2D eigenvalue weighted by molar-refractivity contribution is 5.74. The van der Waals surface area contributed by atoms with E-state index in [0.29, 0.717) is 24.1 Å². The third-order valence-electron chi connectivity index (χ3n) is 4.23. The molecule has 1 heterocycles. The van der Waals surface area contributed by atoms with E-state index in [1.165, 1.54) is 12.0 Å². The number of oxazole rings is 1. The first kappa shape index (κ1) is 15.8.